The van der Waals surface area contributed by atoms with Crippen LogP contribution >= 0.6 is 11.3 Å². The van der Waals surface area contributed by atoms with E-state index in [1.165, 1.54) is 45.5 Å². The van der Waals surface area contributed by atoms with Crippen molar-refractivity contribution in [3.05, 3.63) is 88.5 Å². The molecule has 0 fully saturated rings. The lowest BCUT2D eigenvalue weighted by molar-refractivity contribution is 0.0962. The molecule has 174 valence electrons. The molecule has 0 saturated heterocycles. The molecule has 9 heteroatoms. The Morgan fingerprint density at radius 1 is 1.00 bits per heavy atom. The number of nitrogens with one attached hydrogen (secondary N) is 2. The smallest absolute Gasteiger partial charge is 0.269 e. The van der Waals surface area contributed by atoms with Crippen LogP contribution in [0.3, 0.4) is 0 Å². The van der Waals surface area contributed by atoms with Crippen molar-refractivity contribution in [2.24, 2.45) is 0 Å². The maximum atomic E-state index is 13.1. The Morgan fingerprint density at radius 3 is 2.50 bits per heavy atom. The number of amides is 1. The van der Waals surface area contributed by atoms with Gasteiger partial charge in [-0.2, -0.15) is 4.31 Å². The molecule has 34 heavy (non-hydrogen) atoms. The summed E-state index contributed by atoms with van der Waals surface area (Å²) in [6.45, 7) is 4.85. The largest absolute Gasteiger partial charge is 0.273 e. The number of hydrogen-bond acceptors (Lipinski definition) is 6. The Hall–Kier alpha value is -3.27. The normalized spacial score (nSPS) is 14.1. The lowest BCUT2D eigenvalue weighted by atomic mass is 10.0. The number of aromatic nitrogens is 1. The maximum absolute atomic E-state index is 13.1. The summed E-state index contributed by atoms with van der Waals surface area (Å²) in [5.41, 5.74) is 11.3. The minimum absolute atomic E-state index is 0.174. The van der Waals surface area contributed by atoms with Gasteiger partial charge in [0.25, 0.3) is 5.91 Å². The first-order valence-corrected chi connectivity index (χ1v) is 13.2. The van der Waals surface area contributed by atoms with Gasteiger partial charge in [-0.1, -0.05) is 41.7 Å². The highest BCUT2D eigenvalue weighted by Gasteiger charge is 2.28. The van der Waals surface area contributed by atoms with E-state index in [1.54, 1.807) is 0 Å². The Kier molecular flexibility index (Phi) is 5.85. The van der Waals surface area contributed by atoms with Crippen LogP contribution < -0.4 is 10.9 Å². The summed E-state index contributed by atoms with van der Waals surface area (Å²) in [5.74, 6) is -0.372. The molecule has 1 aliphatic rings. The molecule has 2 N–H and O–H groups in total. The third-order valence-corrected chi connectivity index (χ3v) is 9.01. The Labute approximate surface area is 202 Å². The van der Waals surface area contributed by atoms with Crippen LogP contribution in [0.1, 0.15) is 32.6 Å². The van der Waals surface area contributed by atoms with E-state index in [2.05, 4.69) is 21.9 Å². The zero-order valence-corrected chi connectivity index (χ0v) is 20.5. The number of fused-ring (bicyclic) bond motifs is 2. The van der Waals surface area contributed by atoms with Crippen LogP contribution in [0.15, 0.2) is 65.6 Å². The molecule has 5 rings (SSSR count). The summed E-state index contributed by atoms with van der Waals surface area (Å²) >= 11 is 1.45. The molecule has 1 aromatic heterocycles. The predicted molar refractivity (Wildman–Crippen MR) is 134 cm³/mol. The number of hydrazine groups is 1. The van der Waals surface area contributed by atoms with Crippen LogP contribution in [0.25, 0.3) is 10.2 Å². The van der Waals surface area contributed by atoms with Gasteiger partial charge in [0.2, 0.25) is 15.2 Å². The van der Waals surface area contributed by atoms with Gasteiger partial charge in [0.05, 0.1) is 15.1 Å². The van der Waals surface area contributed by atoms with Gasteiger partial charge < -0.3 is 0 Å². The van der Waals surface area contributed by atoms with E-state index in [4.69, 9.17) is 0 Å². The molecule has 0 spiro atoms. The fourth-order valence-electron chi connectivity index (χ4n) is 4.06. The molecule has 0 radical (unpaired) electrons. The number of benzene rings is 3. The average molecular weight is 493 g/mol. The van der Waals surface area contributed by atoms with Crippen LogP contribution in [0.5, 0.6) is 0 Å². The summed E-state index contributed by atoms with van der Waals surface area (Å²) in [4.78, 5) is 17.3. The molecule has 3 aromatic carbocycles. The molecule has 0 bridgehead atoms. The summed E-state index contributed by atoms with van der Waals surface area (Å²) in [5, 5.41) is 0.585. The van der Waals surface area contributed by atoms with Gasteiger partial charge in [0.1, 0.15) is 0 Å². The number of carbonyl (C=O) groups is 1. The van der Waals surface area contributed by atoms with E-state index in [-0.39, 0.29) is 10.8 Å². The quantitative estimate of drug-likeness (QED) is 0.403. The molecule has 1 aliphatic heterocycles. The molecule has 0 unspecified atom stereocenters. The first kappa shape index (κ1) is 22.5. The van der Waals surface area contributed by atoms with Crippen LogP contribution in [-0.4, -0.2) is 30.2 Å². The van der Waals surface area contributed by atoms with Crippen molar-refractivity contribution in [2.45, 2.75) is 31.7 Å². The van der Waals surface area contributed by atoms with Crippen LogP contribution in [0.4, 0.5) is 5.13 Å². The Morgan fingerprint density at radius 2 is 1.74 bits per heavy atom. The van der Waals surface area contributed by atoms with Gasteiger partial charge in [0.15, 0.2) is 0 Å². The fraction of sp³-hybridized carbons (Fsp3) is 0.200. The lowest BCUT2D eigenvalue weighted by Crippen LogP contribution is -2.36. The first-order valence-electron chi connectivity index (χ1n) is 10.9. The fourth-order valence-corrected chi connectivity index (χ4v) is 6.36. The van der Waals surface area contributed by atoms with Crippen LogP contribution in [0.2, 0.25) is 0 Å². The number of aryl methyl sites for hydroxylation is 2. The third-order valence-electron chi connectivity index (χ3n) is 6.22. The molecule has 4 aromatic rings. The second kappa shape index (κ2) is 8.83. The molecule has 2 heterocycles. The predicted octanol–water partition coefficient (Wildman–Crippen LogP) is 4.42. The Balaban J connectivity index is 1.26. The van der Waals surface area contributed by atoms with Crippen molar-refractivity contribution in [1.82, 2.24) is 14.7 Å². The number of rotatable bonds is 5. The van der Waals surface area contributed by atoms with Crippen molar-refractivity contribution < 1.29 is 13.2 Å². The third kappa shape index (κ3) is 4.18. The SMILES string of the molecule is Cc1ccc2sc(NNC(=O)c3ccc(S(=O)(=O)N4CCc5ccccc5C4)cc3)nc2c1C. The second-order valence-corrected chi connectivity index (χ2v) is 11.3. The highest BCUT2D eigenvalue weighted by molar-refractivity contribution is 7.89. The van der Waals surface area contributed by atoms with E-state index in [0.29, 0.717) is 30.2 Å². The average Bonchev–Trinajstić information content (AvgIpc) is 3.28. The van der Waals surface area contributed by atoms with Crippen molar-refractivity contribution in [2.75, 3.05) is 12.0 Å². The number of thiazole rings is 1. The van der Waals surface area contributed by atoms with Gasteiger partial charge in [-0.25, -0.2) is 13.4 Å². The minimum Gasteiger partial charge on any atom is -0.273 e. The van der Waals surface area contributed by atoms with E-state index in [9.17, 15) is 13.2 Å². The molecule has 0 atom stereocenters. The first-order chi connectivity index (χ1) is 16.3. The molecule has 0 aliphatic carbocycles. The lowest BCUT2D eigenvalue weighted by Gasteiger charge is -2.28. The molecule has 1 amide bonds. The van der Waals surface area contributed by atoms with Gasteiger partial charge in [-0.15, -0.1) is 0 Å². The number of sulfonamides is 1. The topological polar surface area (TPSA) is 91.4 Å². The summed E-state index contributed by atoms with van der Waals surface area (Å²) in [6, 6.07) is 18.0. The summed E-state index contributed by atoms with van der Waals surface area (Å²) in [6.07, 6.45) is 0.687. The monoisotopic (exact) mass is 492 g/mol. The van der Waals surface area contributed by atoms with Crippen LogP contribution in [-0.2, 0) is 23.0 Å². The zero-order valence-electron chi connectivity index (χ0n) is 18.8. The number of carbonyl (C=O) groups excluding carboxylic acids is 1. The van der Waals surface area contributed by atoms with E-state index in [1.807, 2.05) is 44.2 Å². The zero-order chi connectivity index (χ0) is 23.9. The van der Waals surface area contributed by atoms with Gasteiger partial charge in [-0.3, -0.25) is 15.6 Å². The minimum atomic E-state index is -3.65. The molecular weight excluding hydrogens is 468 g/mol. The van der Waals surface area contributed by atoms with Gasteiger partial charge in [0, 0.05) is 18.7 Å². The van der Waals surface area contributed by atoms with E-state index in [0.717, 1.165) is 26.9 Å². The van der Waals surface area contributed by atoms with Gasteiger partial charge >= 0.3 is 0 Å². The number of anilines is 1. The Bertz CT molecular complexity index is 1490. The van der Waals surface area contributed by atoms with Gasteiger partial charge in [-0.05, 0) is 72.9 Å². The number of hydrogen-bond donors (Lipinski definition) is 2. The highest BCUT2D eigenvalue weighted by Crippen LogP contribution is 2.29. The summed E-state index contributed by atoms with van der Waals surface area (Å²) < 4.78 is 28.8. The van der Waals surface area contributed by atoms with Crippen LogP contribution in [0, 0.1) is 13.8 Å². The van der Waals surface area contributed by atoms with Crippen molar-refractivity contribution >= 4 is 42.6 Å². The van der Waals surface area contributed by atoms with Crippen molar-refractivity contribution in [3.8, 4) is 0 Å². The van der Waals surface area contributed by atoms with E-state index < -0.39 is 10.0 Å². The molecular formula is C25H24N4O3S2. The number of nitrogens with zero attached hydrogens (tertiary/aromatic N) is 2. The summed E-state index contributed by atoms with van der Waals surface area (Å²) in [7, 11) is -3.65. The second-order valence-electron chi connectivity index (χ2n) is 8.33. The standard InChI is InChI=1S/C25H24N4O3S2/c1-16-7-12-22-23(17(16)2)26-25(33-22)28-27-24(30)19-8-10-21(11-9-19)34(31,32)29-14-13-18-5-3-4-6-20(18)15-29/h3-12H,13-15H2,1-2H3,(H,26,28)(H,27,30). The van der Waals surface area contributed by atoms with Crippen molar-refractivity contribution in [3.63, 3.8) is 0 Å². The molecule has 7 nitrogen and oxygen atoms in total. The highest BCUT2D eigenvalue weighted by atomic mass is 32.2. The molecule has 0 saturated carbocycles. The van der Waals surface area contributed by atoms with E-state index >= 15 is 0 Å². The maximum Gasteiger partial charge on any atom is 0.269 e. The van der Waals surface area contributed by atoms with Crippen molar-refractivity contribution in [1.29, 1.82) is 0 Å².